The van der Waals surface area contributed by atoms with Crippen LogP contribution in [0.1, 0.15) is 56.8 Å². The van der Waals surface area contributed by atoms with Gasteiger partial charge in [0.15, 0.2) is 0 Å². The van der Waals surface area contributed by atoms with E-state index in [-0.39, 0.29) is 5.97 Å². The predicted molar refractivity (Wildman–Crippen MR) is 84.2 cm³/mol. The molecule has 20 heavy (non-hydrogen) atoms. The van der Waals surface area contributed by atoms with Crippen molar-refractivity contribution in [2.75, 3.05) is 18.5 Å². The average molecular weight is 277 g/mol. The molecule has 0 aliphatic carbocycles. The Morgan fingerprint density at radius 1 is 1.20 bits per heavy atom. The molecule has 0 fully saturated rings. The number of rotatable bonds is 9. The summed E-state index contributed by atoms with van der Waals surface area (Å²) in [5, 5.41) is 3.20. The summed E-state index contributed by atoms with van der Waals surface area (Å²) in [7, 11) is 0. The van der Waals surface area contributed by atoms with Gasteiger partial charge in [-0.05, 0) is 43.5 Å². The number of unbranched alkanes of at least 4 members (excludes halogenated alkanes) is 1. The van der Waals surface area contributed by atoms with Crippen LogP contribution in [0.25, 0.3) is 0 Å². The zero-order valence-corrected chi connectivity index (χ0v) is 12.9. The lowest BCUT2D eigenvalue weighted by Crippen LogP contribution is -2.14. The van der Waals surface area contributed by atoms with Crippen LogP contribution in [0.15, 0.2) is 24.3 Å². The molecule has 0 aliphatic rings. The third kappa shape index (κ3) is 5.64. The van der Waals surface area contributed by atoms with Crippen molar-refractivity contribution in [1.82, 2.24) is 0 Å². The van der Waals surface area contributed by atoms with Gasteiger partial charge in [0, 0.05) is 12.2 Å². The second-order valence-electron chi connectivity index (χ2n) is 5.12. The third-order valence-corrected chi connectivity index (χ3v) is 3.49. The molecule has 0 bridgehead atoms. The second-order valence-corrected chi connectivity index (χ2v) is 5.12. The number of carbonyl (C=O) groups is 1. The third-order valence-electron chi connectivity index (χ3n) is 3.49. The molecular weight excluding hydrogens is 250 g/mol. The molecule has 0 saturated carbocycles. The summed E-state index contributed by atoms with van der Waals surface area (Å²) in [4.78, 5) is 12.0. The van der Waals surface area contributed by atoms with Gasteiger partial charge in [-0.15, -0.1) is 0 Å². The van der Waals surface area contributed by atoms with Crippen molar-refractivity contribution in [1.29, 1.82) is 0 Å². The molecule has 0 radical (unpaired) electrons. The number of esters is 1. The molecule has 0 spiro atoms. The average Bonchev–Trinajstić information content (AvgIpc) is 2.48. The molecular formula is C17H27NO2. The molecule has 1 aromatic carbocycles. The first-order chi connectivity index (χ1) is 9.71. The smallest absolute Gasteiger partial charge is 0.338 e. The maximum Gasteiger partial charge on any atom is 0.338 e. The Bertz CT molecular complexity index is 386. The number of hydrogen-bond acceptors (Lipinski definition) is 3. The lowest BCUT2D eigenvalue weighted by atomic mass is 10.0. The fourth-order valence-corrected chi connectivity index (χ4v) is 2.10. The van der Waals surface area contributed by atoms with Gasteiger partial charge in [0.25, 0.3) is 0 Å². The molecule has 1 unspecified atom stereocenters. The maximum absolute atomic E-state index is 12.0. The van der Waals surface area contributed by atoms with Crippen LogP contribution < -0.4 is 5.32 Å². The maximum atomic E-state index is 12.0. The molecule has 0 aliphatic heterocycles. The second kappa shape index (κ2) is 9.40. The van der Waals surface area contributed by atoms with E-state index < -0.39 is 0 Å². The highest BCUT2D eigenvalue weighted by Crippen LogP contribution is 2.15. The quantitative estimate of drug-likeness (QED) is 0.676. The fourth-order valence-electron chi connectivity index (χ4n) is 2.10. The Morgan fingerprint density at radius 2 is 1.90 bits per heavy atom. The van der Waals surface area contributed by atoms with Crippen LogP contribution in [-0.2, 0) is 4.74 Å². The van der Waals surface area contributed by atoms with Crippen molar-refractivity contribution in [3.05, 3.63) is 29.8 Å². The minimum atomic E-state index is -0.219. The van der Waals surface area contributed by atoms with Crippen LogP contribution in [0.5, 0.6) is 0 Å². The summed E-state index contributed by atoms with van der Waals surface area (Å²) in [6.45, 7) is 7.79. The Labute approximate surface area is 122 Å². The normalized spacial score (nSPS) is 11.9. The number of benzene rings is 1. The van der Waals surface area contributed by atoms with Crippen molar-refractivity contribution in [3.8, 4) is 0 Å². The van der Waals surface area contributed by atoms with E-state index in [0.29, 0.717) is 18.1 Å². The van der Waals surface area contributed by atoms with E-state index in [2.05, 4.69) is 19.2 Å². The summed E-state index contributed by atoms with van der Waals surface area (Å²) in [5.74, 6) is 0.267. The summed E-state index contributed by atoms with van der Waals surface area (Å²) < 4.78 is 5.42. The van der Waals surface area contributed by atoms with Gasteiger partial charge in [-0.3, -0.25) is 0 Å². The van der Waals surface area contributed by atoms with Gasteiger partial charge in [0.1, 0.15) is 0 Å². The highest BCUT2D eigenvalue weighted by Gasteiger charge is 2.11. The molecule has 0 saturated heterocycles. The van der Waals surface area contributed by atoms with Crippen LogP contribution in [0, 0.1) is 5.92 Å². The van der Waals surface area contributed by atoms with Crippen LogP contribution >= 0.6 is 0 Å². The van der Waals surface area contributed by atoms with E-state index in [1.54, 1.807) is 0 Å². The van der Waals surface area contributed by atoms with Crippen molar-refractivity contribution < 1.29 is 9.53 Å². The molecule has 0 amide bonds. The standard InChI is InChI=1S/C17H27NO2/c1-4-7-8-14(5-2)13-20-17(19)15-9-11-16(12-10-15)18-6-3/h9-12,14,18H,4-8,13H2,1-3H3. The largest absolute Gasteiger partial charge is 0.462 e. The number of carbonyl (C=O) groups excluding carboxylic acids is 1. The molecule has 0 aromatic heterocycles. The lowest BCUT2D eigenvalue weighted by molar-refractivity contribution is 0.0428. The van der Waals surface area contributed by atoms with E-state index in [9.17, 15) is 4.79 Å². The van der Waals surface area contributed by atoms with E-state index in [1.165, 1.54) is 12.8 Å². The van der Waals surface area contributed by atoms with Gasteiger partial charge in [-0.1, -0.05) is 33.1 Å². The predicted octanol–water partition coefficient (Wildman–Crippen LogP) is 4.49. The van der Waals surface area contributed by atoms with Crippen LogP contribution in [-0.4, -0.2) is 19.1 Å². The Hall–Kier alpha value is -1.51. The number of ether oxygens (including phenoxy) is 1. The summed E-state index contributed by atoms with van der Waals surface area (Å²) >= 11 is 0. The Balaban J connectivity index is 2.45. The number of nitrogens with one attached hydrogen (secondary N) is 1. The fraction of sp³-hybridized carbons (Fsp3) is 0.588. The minimum Gasteiger partial charge on any atom is -0.462 e. The Morgan fingerprint density at radius 3 is 2.45 bits per heavy atom. The number of hydrogen-bond donors (Lipinski definition) is 1. The molecule has 1 rings (SSSR count). The summed E-state index contributed by atoms with van der Waals surface area (Å²) in [6.07, 6.45) is 4.59. The molecule has 0 heterocycles. The highest BCUT2D eigenvalue weighted by atomic mass is 16.5. The van der Waals surface area contributed by atoms with E-state index in [4.69, 9.17) is 4.74 Å². The van der Waals surface area contributed by atoms with Gasteiger partial charge in [0.2, 0.25) is 0 Å². The first-order valence-corrected chi connectivity index (χ1v) is 7.72. The monoisotopic (exact) mass is 277 g/mol. The van der Waals surface area contributed by atoms with Crippen molar-refractivity contribution in [2.45, 2.75) is 46.5 Å². The van der Waals surface area contributed by atoms with Crippen molar-refractivity contribution in [2.24, 2.45) is 5.92 Å². The van der Waals surface area contributed by atoms with Gasteiger partial charge in [0.05, 0.1) is 12.2 Å². The van der Waals surface area contributed by atoms with Crippen LogP contribution in [0.3, 0.4) is 0 Å². The summed E-state index contributed by atoms with van der Waals surface area (Å²) in [5.41, 5.74) is 1.65. The zero-order chi connectivity index (χ0) is 14.8. The molecule has 1 N–H and O–H groups in total. The SMILES string of the molecule is CCCCC(CC)COC(=O)c1ccc(NCC)cc1. The first kappa shape index (κ1) is 16.5. The van der Waals surface area contributed by atoms with Gasteiger partial charge < -0.3 is 10.1 Å². The zero-order valence-electron chi connectivity index (χ0n) is 12.9. The molecule has 3 nitrogen and oxygen atoms in total. The van der Waals surface area contributed by atoms with Gasteiger partial charge in [-0.2, -0.15) is 0 Å². The van der Waals surface area contributed by atoms with E-state index >= 15 is 0 Å². The summed E-state index contributed by atoms with van der Waals surface area (Å²) in [6, 6.07) is 7.45. The molecule has 3 heteroatoms. The van der Waals surface area contributed by atoms with Crippen molar-refractivity contribution >= 4 is 11.7 Å². The van der Waals surface area contributed by atoms with Crippen LogP contribution in [0.2, 0.25) is 0 Å². The highest BCUT2D eigenvalue weighted by molar-refractivity contribution is 5.89. The van der Waals surface area contributed by atoms with E-state index in [0.717, 1.165) is 25.1 Å². The minimum absolute atomic E-state index is 0.219. The molecule has 1 atom stereocenters. The number of anilines is 1. The Kier molecular flexibility index (Phi) is 7.78. The van der Waals surface area contributed by atoms with Gasteiger partial charge >= 0.3 is 5.97 Å². The molecule has 112 valence electrons. The molecule has 1 aromatic rings. The lowest BCUT2D eigenvalue weighted by Gasteiger charge is -2.14. The van der Waals surface area contributed by atoms with Gasteiger partial charge in [-0.25, -0.2) is 4.79 Å². The topological polar surface area (TPSA) is 38.3 Å². The van der Waals surface area contributed by atoms with E-state index in [1.807, 2.05) is 31.2 Å². The van der Waals surface area contributed by atoms with Crippen LogP contribution in [0.4, 0.5) is 5.69 Å². The first-order valence-electron chi connectivity index (χ1n) is 7.72. The van der Waals surface area contributed by atoms with Crippen molar-refractivity contribution in [3.63, 3.8) is 0 Å².